The minimum Gasteiger partial charge on any atom is -0.472 e. The first-order valence-corrected chi connectivity index (χ1v) is 10.7. The molecule has 0 aliphatic carbocycles. The number of pyridine rings is 1. The lowest BCUT2D eigenvalue weighted by Gasteiger charge is -2.21. The Morgan fingerprint density at radius 1 is 1.21 bits per heavy atom. The number of aromatic nitrogens is 4. The van der Waals surface area contributed by atoms with Gasteiger partial charge in [0.05, 0.1) is 22.4 Å². The number of anilines is 2. The number of fused-ring (bicyclic) bond motifs is 2. The summed E-state index contributed by atoms with van der Waals surface area (Å²) in [6, 6.07) is 9.28. The molecule has 0 saturated carbocycles. The first-order valence-electron chi connectivity index (χ1n) is 8.90. The number of hydrogen-bond donors (Lipinski definition) is 2. The maximum absolute atomic E-state index is 11.6. The van der Waals surface area contributed by atoms with Crippen molar-refractivity contribution in [3.63, 3.8) is 0 Å². The molecule has 1 aliphatic rings. The Labute approximate surface area is 160 Å². The minimum atomic E-state index is -2.93. The third kappa shape index (κ3) is 3.15. The molecule has 0 spiro atoms. The van der Waals surface area contributed by atoms with Crippen molar-refractivity contribution in [1.82, 2.24) is 20.3 Å². The maximum atomic E-state index is 11.6. The van der Waals surface area contributed by atoms with E-state index in [1.54, 1.807) is 6.20 Å². The van der Waals surface area contributed by atoms with E-state index in [-0.39, 0.29) is 17.6 Å². The first-order chi connectivity index (χ1) is 13.6. The summed E-state index contributed by atoms with van der Waals surface area (Å²) in [4.78, 5) is 4.32. The molecule has 9 nitrogen and oxygen atoms in total. The zero-order chi connectivity index (χ0) is 19.1. The van der Waals surface area contributed by atoms with Crippen molar-refractivity contribution in [2.45, 2.75) is 18.9 Å². The van der Waals surface area contributed by atoms with Gasteiger partial charge in [-0.2, -0.15) is 5.10 Å². The number of H-pyrrole nitrogens is 1. The summed E-state index contributed by atoms with van der Waals surface area (Å²) < 4.78 is 34.4. The van der Waals surface area contributed by atoms with Crippen LogP contribution in [0.25, 0.3) is 22.0 Å². The van der Waals surface area contributed by atoms with Crippen molar-refractivity contribution in [3.05, 3.63) is 36.5 Å². The number of nitrogens with zero attached hydrogens (tertiary/aromatic N) is 3. The second-order valence-electron chi connectivity index (χ2n) is 6.76. The summed E-state index contributed by atoms with van der Waals surface area (Å²) in [6.45, 7) is 0. The highest BCUT2D eigenvalue weighted by molar-refractivity contribution is 7.91. The zero-order valence-corrected chi connectivity index (χ0v) is 15.6. The molecule has 0 atom stereocenters. The van der Waals surface area contributed by atoms with Crippen LogP contribution in [-0.2, 0) is 9.84 Å². The topological polar surface area (TPSA) is 123 Å². The van der Waals surface area contributed by atoms with Crippen molar-refractivity contribution in [2.75, 3.05) is 16.8 Å². The van der Waals surface area contributed by atoms with E-state index in [1.165, 1.54) is 0 Å². The molecule has 0 unspecified atom stereocenters. The molecule has 4 aromatic rings. The Bertz CT molecular complexity index is 1250. The molecule has 0 radical (unpaired) electrons. The van der Waals surface area contributed by atoms with Gasteiger partial charge in [0.1, 0.15) is 11.6 Å². The number of sulfone groups is 1. The van der Waals surface area contributed by atoms with Gasteiger partial charge in [0, 0.05) is 18.0 Å². The van der Waals surface area contributed by atoms with Gasteiger partial charge in [-0.05, 0) is 42.3 Å². The van der Waals surface area contributed by atoms with Crippen LogP contribution in [-0.4, -0.2) is 46.4 Å². The summed E-state index contributed by atoms with van der Waals surface area (Å²) >= 11 is 0. The smallest absolute Gasteiger partial charge is 0.262 e. The summed E-state index contributed by atoms with van der Waals surface area (Å²) in [5.41, 5.74) is 2.93. The van der Waals surface area contributed by atoms with Crippen molar-refractivity contribution >= 4 is 43.3 Å². The van der Waals surface area contributed by atoms with Gasteiger partial charge < -0.3 is 14.6 Å². The second-order valence-corrected chi connectivity index (χ2v) is 9.07. The molecule has 1 fully saturated rings. The van der Waals surface area contributed by atoms with Crippen molar-refractivity contribution in [1.29, 1.82) is 0 Å². The lowest BCUT2D eigenvalue weighted by Crippen LogP contribution is -2.30. The number of nitrogens with one attached hydrogen (secondary N) is 2. The van der Waals surface area contributed by atoms with Crippen LogP contribution >= 0.6 is 0 Å². The summed E-state index contributed by atoms with van der Waals surface area (Å²) in [5, 5.41) is 15.1. The van der Waals surface area contributed by atoms with E-state index in [4.69, 9.17) is 9.26 Å². The molecule has 0 bridgehead atoms. The average molecular weight is 399 g/mol. The predicted octanol–water partition coefficient (Wildman–Crippen LogP) is 2.80. The van der Waals surface area contributed by atoms with E-state index >= 15 is 0 Å². The van der Waals surface area contributed by atoms with E-state index in [9.17, 15) is 8.42 Å². The largest absolute Gasteiger partial charge is 0.472 e. The van der Waals surface area contributed by atoms with Crippen molar-refractivity contribution in [3.8, 4) is 5.88 Å². The minimum absolute atomic E-state index is 0.146. The molecule has 4 heterocycles. The molecule has 144 valence electrons. The third-order valence-electron chi connectivity index (χ3n) is 4.80. The van der Waals surface area contributed by atoms with Crippen LogP contribution in [0.4, 0.5) is 11.5 Å². The van der Waals surface area contributed by atoms with E-state index < -0.39 is 9.84 Å². The summed E-state index contributed by atoms with van der Waals surface area (Å²) in [6.07, 6.45) is 2.48. The van der Waals surface area contributed by atoms with Gasteiger partial charge in [-0.1, -0.05) is 0 Å². The number of benzene rings is 1. The fourth-order valence-corrected chi connectivity index (χ4v) is 4.75. The average Bonchev–Trinajstić information content (AvgIpc) is 3.28. The Morgan fingerprint density at radius 3 is 2.93 bits per heavy atom. The van der Waals surface area contributed by atoms with Gasteiger partial charge in [-0.25, -0.2) is 8.42 Å². The zero-order valence-electron chi connectivity index (χ0n) is 14.8. The molecule has 3 aromatic heterocycles. The molecular formula is C18H17N5O4S. The van der Waals surface area contributed by atoms with Crippen molar-refractivity contribution in [2.24, 2.45) is 0 Å². The molecule has 1 aromatic carbocycles. The number of ether oxygens (including phenoxy) is 1. The summed E-state index contributed by atoms with van der Waals surface area (Å²) in [7, 11) is -2.93. The monoisotopic (exact) mass is 399 g/mol. The highest BCUT2D eigenvalue weighted by Crippen LogP contribution is 2.31. The van der Waals surface area contributed by atoms with Crippen LogP contribution in [0.1, 0.15) is 12.8 Å². The Morgan fingerprint density at radius 2 is 2.07 bits per heavy atom. The maximum Gasteiger partial charge on any atom is 0.262 e. The predicted molar refractivity (Wildman–Crippen MR) is 103 cm³/mol. The van der Waals surface area contributed by atoms with Crippen LogP contribution in [0.15, 0.2) is 41.1 Å². The Balaban J connectivity index is 1.36. The fourth-order valence-electron chi connectivity index (χ4n) is 3.30. The number of hydrogen-bond acceptors (Lipinski definition) is 8. The van der Waals surface area contributed by atoms with E-state index in [0.717, 1.165) is 22.1 Å². The van der Waals surface area contributed by atoms with Gasteiger partial charge in [0.2, 0.25) is 0 Å². The summed E-state index contributed by atoms with van der Waals surface area (Å²) in [5.74, 6) is 1.30. The lowest BCUT2D eigenvalue weighted by molar-refractivity contribution is 0.175. The highest BCUT2D eigenvalue weighted by Gasteiger charge is 2.26. The number of rotatable bonds is 4. The standard InChI is InChI=1S/C18H17N5O4S/c24-28(25)8-5-12(6-9-28)26-18-13-4-3-11(10-15(13)27-23-18)20-17-16-14(21-22-17)2-1-7-19-16/h1-4,7,10,12H,5-6,8-9H2,(H2,20,21,22). The molecule has 0 amide bonds. The van der Waals surface area contributed by atoms with Gasteiger partial charge >= 0.3 is 0 Å². The van der Waals surface area contributed by atoms with Crippen LogP contribution in [0.5, 0.6) is 5.88 Å². The van der Waals surface area contributed by atoms with Crippen molar-refractivity contribution < 1.29 is 17.7 Å². The second kappa shape index (κ2) is 6.48. The van der Waals surface area contributed by atoms with E-state index in [2.05, 4.69) is 25.7 Å². The molecule has 10 heteroatoms. The van der Waals surface area contributed by atoms with Gasteiger partial charge in [0.25, 0.3) is 5.88 Å². The Kier molecular flexibility index (Phi) is 3.93. The molecular weight excluding hydrogens is 382 g/mol. The van der Waals surface area contributed by atoms with Gasteiger partial charge in [0.15, 0.2) is 21.2 Å². The molecule has 1 saturated heterocycles. The molecule has 5 rings (SSSR count). The third-order valence-corrected chi connectivity index (χ3v) is 6.52. The number of aromatic amines is 1. The Hall–Kier alpha value is -3.14. The van der Waals surface area contributed by atoms with Crippen LogP contribution in [0.2, 0.25) is 0 Å². The van der Waals surface area contributed by atoms with Crippen LogP contribution in [0.3, 0.4) is 0 Å². The fraction of sp³-hybridized carbons (Fsp3) is 0.278. The SMILES string of the molecule is O=S1(=O)CCC(Oc2noc3cc(Nc4n[nH]c5cccnc45)ccc23)CC1. The van der Waals surface area contributed by atoms with E-state index in [0.29, 0.717) is 30.1 Å². The van der Waals surface area contributed by atoms with Crippen LogP contribution in [0, 0.1) is 0 Å². The first kappa shape index (κ1) is 17.0. The van der Waals surface area contributed by atoms with Gasteiger partial charge in [-0.3, -0.25) is 10.1 Å². The van der Waals surface area contributed by atoms with Gasteiger partial charge in [-0.15, -0.1) is 0 Å². The highest BCUT2D eigenvalue weighted by atomic mass is 32.2. The molecule has 2 N–H and O–H groups in total. The normalized spacial score (nSPS) is 17.1. The van der Waals surface area contributed by atoms with Crippen LogP contribution < -0.4 is 10.1 Å². The quantitative estimate of drug-likeness (QED) is 0.537. The molecule has 1 aliphatic heterocycles. The lowest BCUT2D eigenvalue weighted by atomic mass is 10.2. The van der Waals surface area contributed by atoms with E-state index in [1.807, 2.05) is 30.3 Å². The molecule has 28 heavy (non-hydrogen) atoms.